The van der Waals surface area contributed by atoms with Gasteiger partial charge in [-0.2, -0.15) is 0 Å². The van der Waals surface area contributed by atoms with E-state index >= 15 is 0 Å². The smallest absolute Gasteiger partial charge is 0.107 e. The SMILES string of the molecule is CCC(O)N(CC(C)C)CC(C)C. The van der Waals surface area contributed by atoms with E-state index in [2.05, 4.69) is 32.6 Å². The minimum absolute atomic E-state index is 0.259. The van der Waals surface area contributed by atoms with Gasteiger partial charge in [-0.15, -0.1) is 0 Å². The zero-order chi connectivity index (χ0) is 10.4. The maximum atomic E-state index is 9.74. The van der Waals surface area contributed by atoms with Crippen LogP contribution >= 0.6 is 0 Å². The molecule has 0 saturated heterocycles. The largest absolute Gasteiger partial charge is 0.378 e. The number of hydrogen-bond donors (Lipinski definition) is 1. The molecule has 0 bridgehead atoms. The maximum absolute atomic E-state index is 9.74. The molecule has 0 aliphatic rings. The molecule has 2 nitrogen and oxygen atoms in total. The van der Waals surface area contributed by atoms with Crippen LogP contribution in [0.25, 0.3) is 0 Å². The topological polar surface area (TPSA) is 23.5 Å². The van der Waals surface area contributed by atoms with E-state index < -0.39 is 0 Å². The van der Waals surface area contributed by atoms with Gasteiger partial charge in [0.2, 0.25) is 0 Å². The lowest BCUT2D eigenvalue weighted by Gasteiger charge is -2.30. The van der Waals surface area contributed by atoms with Gasteiger partial charge in [0, 0.05) is 13.1 Å². The molecule has 0 rings (SSSR count). The zero-order valence-corrected chi connectivity index (χ0v) is 9.75. The quantitative estimate of drug-likeness (QED) is 0.645. The molecule has 0 fully saturated rings. The monoisotopic (exact) mass is 187 g/mol. The first-order valence-corrected chi connectivity index (χ1v) is 5.39. The standard InChI is InChI=1S/C11H25NO/c1-6-11(13)12(7-9(2)3)8-10(4)5/h9-11,13H,6-8H2,1-5H3. The molecule has 0 aliphatic carbocycles. The van der Waals surface area contributed by atoms with Crippen LogP contribution < -0.4 is 0 Å². The van der Waals surface area contributed by atoms with Crippen LogP contribution in [0.2, 0.25) is 0 Å². The van der Waals surface area contributed by atoms with Crippen molar-refractivity contribution in [1.82, 2.24) is 4.90 Å². The van der Waals surface area contributed by atoms with E-state index in [1.54, 1.807) is 0 Å². The molecule has 1 N–H and O–H groups in total. The van der Waals surface area contributed by atoms with Gasteiger partial charge >= 0.3 is 0 Å². The molecule has 13 heavy (non-hydrogen) atoms. The van der Waals surface area contributed by atoms with Crippen LogP contribution in [0.1, 0.15) is 41.0 Å². The molecular formula is C11H25NO. The Morgan fingerprint density at radius 1 is 1.00 bits per heavy atom. The summed E-state index contributed by atoms with van der Waals surface area (Å²) in [6.07, 6.45) is 0.559. The summed E-state index contributed by atoms with van der Waals surface area (Å²) in [6.45, 7) is 12.8. The second-order valence-corrected chi connectivity index (χ2v) is 4.63. The van der Waals surface area contributed by atoms with Gasteiger partial charge < -0.3 is 5.11 Å². The van der Waals surface area contributed by atoms with Crippen LogP contribution in [-0.4, -0.2) is 29.3 Å². The van der Waals surface area contributed by atoms with Gasteiger partial charge in [-0.1, -0.05) is 34.6 Å². The first kappa shape index (κ1) is 12.9. The van der Waals surface area contributed by atoms with E-state index in [0.29, 0.717) is 11.8 Å². The van der Waals surface area contributed by atoms with E-state index in [9.17, 15) is 5.11 Å². The highest BCUT2D eigenvalue weighted by Crippen LogP contribution is 2.08. The van der Waals surface area contributed by atoms with Crippen LogP contribution in [0, 0.1) is 11.8 Å². The van der Waals surface area contributed by atoms with Gasteiger partial charge in [0.1, 0.15) is 6.23 Å². The summed E-state index contributed by atoms with van der Waals surface area (Å²) in [6, 6.07) is 0. The van der Waals surface area contributed by atoms with Crippen molar-refractivity contribution in [1.29, 1.82) is 0 Å². The molecule has 0 radical (unpaired) electrons. The highest BCUT2D eigenvalue weighted by Gasteiger charge is 2.15. The van der Waals surface area contributed by atoms with Crippen molar-refractivity contribution < 1.29 is 5.11 Å². The summed E-state index contributed by atoms with van der Waals surface area (Å²) >= 11 is 0. The number of nitrogens with zero attached hydrogens (tertiary/aromatic N) is 1. The van der Waals surface area contributed by atoms with Crippen molar-refractivity contribution in [3.8, 4) is 0 Å². The fourth-order valence-electron chi connectivity index (χ4n) is 1.51. The van der Waals surface area contributed by atoms with Gasteiger partial charge in [-0.05, 0) is 18.3 Å². The van der Waals surface area contributed by atoms with Crippen LogP contribution in [0.3, 0.4) is 0 Å². The summed E-state index contributed by atoms with van der Waals surface area (Å²) in [7, 11) is 0. The van der Waals surface area contributed by atoms with E-state index in [0.717, 1.165) is 19.5 Å². The highest BCUT2D eigenvalue weighted by molar-refractivity contribution is 4.64. The molecule has 0 aliphatic heterocycles. The predicted octanol–water partition coefficient (Wildman–Crippen LogP) is 2.33. The summed E-state index contributed by atoms with van der Waals surface area (Å²) in [5.74, 6) is 1.25. The number of aliphatic hydroxyl groups excluding tert-OH is 1. The lowest BCUT2D eigenvalue weighted by atomic mass is 10.1. The van der Waals surface area contributed by atoms with Gasteiger partial charge in [0.15, 0.2) is 0 Å². The Hall–Kier alpha value is -0.0800. The molecule has 0 spiro atoms. The van der Waals surface area contributed by atoms with E-state index in [-0.39, 0.29) is 6.23 Å². The molecule has 2 heteroatoms. The molecule has 1 atom stereocenters. The van der Waals surface area contributed by atoms with Crippen LogP contribution in [0.4, 0.5) is 0 Å². The predicted molar refractivity (Wildman–Crippen MR) is 57.5 cm³/mol. The Morgan fingerprint density at radius 3 is 1.62 bits per heavy atom. The Kier molecular flexibility index (Phi) is 6.35. The molecule has 80 valence electrons. The van der Waals surface area contributed by atoms with Crippen molar-refractivity contribution in [2.24, 2.45) is 11.8 Å². The summed E-state index contributed by atoms with van der Waals surface area (Å²) < 4.78 is 0. The molecule has 0 aromatic rings. The fourth-order valence-corrected chi connectivity index (χ4v) is 1.51. The fraction of sp³-hybridized carbons (Fsp3) is 1.00. The summed E-state index contributed by atoms with van der Waals surface area (Å²) in [4.78, 5) is 2.18. The van der Waals surface area contributed by atoms with Gasteiger partial charge in [0.05, 0.1) is 0 Å². The lowest BCUT2D eigenvalue weighted by molar-refractivity contribution is -0.0126. The van der Waals surface area contributed by atoms with Crippen molar-refractivity contribution in [3.05, 3.63) is 0 Å². The molecule has 0 heterocycles. The van der Waals surface area contributed by atoms with Gasteiger partial charge in [-0.25, -0.2) is 0 Å². The first-order valence-electron chi connectivity index (χ1n) is 5.39. The second kappa shape index (κ2) is 6.39. The Bertz CT molecular complexity index is 113. The third-order valence-electron chi connectivity index (χ3n) is 1.99. The van der Waals surface area contributed by atoms with E-state index in [4.69, 9.17) is 0 Å². The van der Waals surface area contributed by atoms with Crippen LogP contribution in [-0.2, 0) is 0 Å². The second-order valence-electron chi connectivity index (χ2n) is 4.63. The molecular weight excluding hydrogens is 162 g/mol. The van der Waals surface area contributed by atoms with Crippen molar-refractivity contribution >= 4 is 0 Å². The Labute approximate surface area is 82.9 Å². The summed E-state index contributed by atoms with van der Waals surface area (Å²) in [5, 5.41) is 9.74. The van der Waals surface area contributed by atoms with Gasteiger partial charge in [0.25, 0.3) is 0 Å². The van der Waals surface area contributed by atoms with Crippen molar-refractivity contribution in [2.75, 3.05) is 13.1 Å². The average Bonchev–Trinajstić information content (AvgIpc) is 2.00. The third kappa shape index (κ3) is 6.05. The molecule has 0 aromatic heterocycles. The molecule has 0 saturated carbocycles. The first-order chi connectivity index (χ1) is 5.97. The van der Waals surface area contributed by atoms with Crippen molar-refractivity contribution in [2.45, 2.75) is 47.3 Å². The van der Waals surface area contributed by atoms with Crippen molar-refractivity contribution in [3.63, 3.8) is 0 Å². The molecule has 0 aromatic carbocycles. The zero-order valence-electron chi connectivity index (χ0n) is 9.75. The number of aliphatic hydroxyl groups is 1. The number of rotatable bonds is 6. The Balaban J connectivity index is 4.02. The minimum Gasteiger partial charge on any atom is -0.378 e. The van der Waals surface area contributed by atoms with Crippen LogP contribution in [0.5, 0.6) is 0 Å². The molecule has 0 amide bonds. The van der Waals surface area contributed by atoms with E-state index in [1.807, 2.05) is 6.92 Å². The molecule has 1 unspecified atom stereocenters. The third-order valence-corrected chi connectivity index (χ3v) is 1.99. The average molecular weight is 187 g/mol. The van der Waals surface area contributed by atoms with E-state index in [1.165, 1.54) is 0 Å². The maximum Gasteiger partial charge on any atom is 0.107 e. The van der Waals surface area contributed by atoms with Crippen LogP contribution in [0.15, 0.2) is 0 Å². The minimum atomic E-state index is -0.259. The normalized spacial score (nSPS) is 14.5. The lowest BCUT2D eigenvalue weighted by Crippen LogP contribution is -2.39. The summed E-state index contributed by atoms with van der Waals surface area (Å²) in [5.41, 5.74) is 0. The highest BCUT2D eigenvalue weighted by atomic mass is 16.3. The number of hydrogen-bond acceptors (Lipinski definition) is 2. The van der Waals surface area contributed by atoms with Gasteiger partial charge in [-0.3, -0.25) is 4.90 Å². The Morgan fingerprint density at radius 2 is 1.38 bits per heavy atom.